The zero-order valence-corrected chi connectivity index (χ0v) is 15.3. The van der Waals surface area contributed by atoms with Crippen molar-refractivity contribution in [2.24, 2.45) is 0 Å². The van der Waals surface area contributed by atoms with E-state index in [-0.39, 0.29) is 11.9 Å². The van der Waals surface area contributed by atoms with Gasteiger partial charge in [-0.05, 0) is 49.1 Å². The van der Waals surface area contributed by atoms with Gasteiger partial charge in [0.05, 0.1) is 11.8 Å². The van der Waals surface area contributed by atoms with Gasteiger partial charge in [-0.3, -0.25) is 4.79 Å². The molecular formula is C19H22ClNOS. The lowest BCUT2D eigenvalue weighted by molar-refractivity contribution is -0.119. The fourth-order valence-corrected chi connectivity index (χ4v) is 3.39. The second-order valence-electron chi connectivity index (χ2n) is 5.72. The van der Waals surface area contributed by atoms with Crippen LogP contribution in [0.25, 0.3) is 0 Å². The summed E-state index contributed by atoms with van der Waals surface area (Å²) in [6.07, 6.45) is 0. The van der Waals surface area contributed by atoms with E-state index in [1.54, 1.807) is 11.8 Å². The number of carbonyl (C=O) groups excluding carboxylic acids is 1. The Kier molecular flexibility index (Phi) is 6.55. The molecule has 0 aromatic heterocycles. The van der Waals surface area contributed by atoms with Crippen LogP contribution < -0.4 is 5.32 Å². The Labute approximate surface area is 147 Å². The standard InChI is InChI=1S/C19H22ClNOS/c1-13-8-9-16(10-14(13)2)15(3)21-19(22)12-23-11-17-6-4-5-7-18(17)20/h4-10,15H,11-12H2,1-3H3,(H,21,22). The lowest BCUT2D eigenvalue weighted by Gasteiger charge is -2.15. The summed E-state index contributed by atoms with van der Waals surface area (Å²) in [6, 6.07) is 14.1. The molecule has 2 aromatic rings. The van der Waals surface area contributed by atoms with Crippen LogP contribution in [0, 0.1) is 13.8 Å². The summed E-state index contributed by atoms with van der Waals surface area (Å²) in [5.41, 5.74) is 4.71. The third-order valence-electron chi connectivity index (χ3n) is 3.86. The average Bonchev–Trinajstić information content (AvgIpc) is 2.51. The first-order chi connectivity index (χ1) is 11.0. The molecule has 1 unspecified atom stereocenters. The van der Waals surface area contributed by atoms with Gasteiger partial charge in [0.1, 0.15) is 0 Å². The van der Waals surface area contributed by atoms with Crippen LogP contribution in [-0.2, 0) is 10.5 Å². The highest BCUT2D eigenvalue weighted by molar-refractivity contribution is 7.99. The van der Waals surface area contributed by atoms with Gasteiger partial charge in [-0.25, -0.2) is 0 Å². The van der Waals surface area contributed by atoms with E-state index in [4.69, 9.17) is 11.6 Å². The lowest BCUT2D eigenvalue weighted by atomic mass is 10.0. The first kappa shape index (κ1) is 17.9. The van der Waals surface area contributed by atoms with Crippen molar-refractivity contribution in [3.63, 3.8) is 0 Å². The second-order valence-corrected chi connectivity index (χ2v) is 7.11. The van der Waals surface area contributed by atoms with Crippen molar-refractivity contribution in [1.82, 2.24) is 5.32 Å². The van der Waals surface area contributed by atoms with Crippen LogP contribution in [0.4, 0.5) is 0 Å². The van der Waals surface area contributed by atoms with Crippen molar-refractivity contribution in [2.45, 2.75) is 32.6 Å². The minimum Gasteiger partial charge on any atom is -0.349 e. The molecule has 0 aliphatic heterocycles. The Balaban J connectivity index is 1.82. The molecule has 0 spiro atoms. The number of hydrogen-bond donors (Lipinski definition) is 1. The van der Waals surface area contributed by atoms with Crippen LogP contribution >= 0.6 is 23.4 Å². The number of benzene rings is 2. The molecule has 0 saturated carbocycles. The Morgan fingerprint density at radius 3 is 2.61 bits per heavy atom. The number of amides is 1. The van der Waals surface area contributed by atoms with Crippen LogP contribution in [0.3, 0.4) is 0 Å². The Morgan fingerprint density at radius 1 is 1.17 bits per heavy atom. The summed E-state index contributed by atoms with van der Waals surface area (Å²) in [5.74, 6) is 1.22. The van der Waals surface area contributed by atoms with Crippen molar-refractivity contribution in [1.29, 1.82) is 0 Å². The Hall–Kier alpha value is -1.45. The number of carbonyl (C=O) groups is 1. The third kappa shape index (κ3) is 5.29. The molecule has 2 nitrogen and oxygen atoms in total. The van der Waals surface area contributed by atoms with Gasteiger partial charge >= 0.3 is 0 Å². The van der Waals surface area contributed by atoms with Crippen molar-refractivity contribution in [3.05, 3.63) is 69.7 Å². The summed E-state index contributed by atoms with van der Waals surface area (Å²) in [6.45, 7) is 6.20. The van der Waals surface area contributed by atoms with E-state index >= 15 is 0 Å². The highest BCUT2D eigenvalue weighted by Gasteiger charge is 2.10. The second kappa shape index (κ2) is 8.42. The molecule has 1 amide bonds. The maximum Gasteiger partial charge on any atom is 0.230 e. The molecule has 0 heterocycles. The monoisotopic (exact) mass is 347 g/mol. The first-order valence-electron chi connectivity index (χ1n) is 7.65. The van der Waals surface area contributed by atoms with Gasteiger partial charge in [0.15, 0.2) is 0 Å². The molecule has 1 atom stereocenters. The van der Waals surface area contributed by atoms with E-state index < -0.39 is 0 Å². The van der Waals surface area contributed by atoms with Gasteiger partial charge in [-0.1, -0.05) is 48.0 Å². The topological polar surface area (TPSA) is 29.1 Å². The average molecular weight is 348 g/mol. The zero-order chi connectivity index (χ0) is 16.8. The van der Waals surface area contributed by atoms with E-state index in [1.165, 1.54) is 11.1 Å². The van der Waals surface area contributed by atoms with E-state index in [0.717, 1.165) is 21.9 Å². The molecule has 0 aliphatic carbocycles. The minimum atomic E-state index is 0.0164. The molecule has 0 aliphatic rings. The molecule has 0 fully saturated rings. The van der Waals surface area contributed by atoms with E-state index in [0.29, 0.717) is 5.75 Å². The fraction of sp³-hybridized carbons (Fsp3) is 0.316. The van der Waals surface area contributed by atoms with Crippen molar-refractivity contribution >= 4 is 29.3 Å². The van der Waals surface area contributed by atoms with Crippen LogP contribution in [0.2, 0.25) is 5.02 Å². The normalized spacial score (nSPS) is 12.0. The van der Waals surface area contributed by atoms with Gasteiger partial charge in [0.2, 0.25) is 5.91 Å². The van der Waals surface area contributed by atoms with Gasteiger partial charge in [0.25, 0.3) is 0 Å². The van der Waals surface area contributed by atoms with E-state index in [2.05, 4.69) is 37.4 Å². The number of halogens is 1. The predicted molar refractivity (Wildman–Crippen MR) is 100 cm³/mol. The predicted octanol–water partition coefficient (Wildman–Crippen LogP) is 5.07. The molecule has 4 heteroatoms. The van der Waals surface area contributed by atoms with E-state index in [1.807, 2.05) is 31.2 Å². The zero-order valence-electron chi connectivity index (χ0n) is 13.7. The SMILES string of the molecule is Cc1ccc(C(C)NC(=O)CSCc2ccccc2Cl)cc1C. The number of nitrogens with one attached hydrogen (secondary N) is 1. The summed E-state index contributed by atoms with van der Waals surface area (Å²) in [4.78, 5) is 12.1. The fourth-order valence-electron chi connectivity index (χ4n) is 2.27. The van der Waals surface area contributed by atoms with Gasteiger partial charge in [0, 0.05) is 10.8 Å². The molecule has 122 valence electrons. The van der Waals surface area contributed by atoms with Gasteiger partial charge < -0.3 is 5.32 Å². The summed E-state index contributed by atoms with van der Waals surface area (Å²) in [7, 11) is 0. The summed E-state index contributed by atoms with van der Waals surface area (Å²) >= 11 is 7.69. The molecule has 2 rings (SSSR count). The highest BCUT2D eigenvalue weighted by atomic mass is 35.5. The highest BCUT2D eigenvalue weighted by Crippen LogP contribution is 2.21. The van der Waals surface area contributed by atoms with Gasteiger partial charge in [-0.2, -0.15) is 0 Å². The Morgan fingerprint density at radius 2 is 1.91 bits per heavy atom. The van der Waals surface area contributed by atoms with Crippen molar-refractivity contribution < 1.29 is 4.79 Å². The van der Waals surface area contributed by atoms with E-state index in [9.17, 15) is 4.79 Å². The van der Waals surface area contributed by atoms with Gasteiger partial charge in [-0.15, -0.1) is 11.8 Å². The minimum absolute atomic E-state index is 0.0164. The number of rotatable bonds is 6. The lowest BCUT2D eigenvalue weighted by Crippen LogP contribution is -2.28. The van der Waals surface area contributed by atoms with Crippen molar-refractivity contribution in [2.75, 3.05) is 5.75 Å². The maximum absolute atomic E-state index is 12.1. The van der Waals surface area contributed by atoms with Crippen molar-refractivity contribution in [3.8, 4) is 0 Å². The van der Waals surface area contributed by atoms with Crippen LogP contribution in [0.15, 0.2) is 42.5 Å². The molecular weight excluding hydrogens is 326 g/mol. The molecule has 1 N–H and O–H groups in total. The molecule has 0 saturated heterocycles. The molecule has 23 heavy (non-hydrogen) atoms. The Bertz CT molecular complexity index is 687. The van der Waals surface area contributed by atoms with Crippen LogP contribution in [0.5, 0.6) is 0 Å². The molecule has 0 radical (unpaired) electrons. The largest absolute Gasteiger partial charge is 0.349 e. The number of hydrogen-bond acceptors (Lipinski definition) is 2. The first-order valence-corrected chi connectivity index (χ1v) is 9.18. The third-order valence-corrected chi connectivity index (χ3v) is 5.21. The quantitative estimate of drug-likeness (QED) is 0.790. The summed E-state index contributed by atoms with van der Waals surface area (Å²) in [5, 5.41) is 3.80. The summed E-state index contributed by atoms with van der Waals surface area (Å²) < 4.78 is 0. The van der Waals surface area contributed by atoms with Crippen LogP contribution in [0.1, 0.15) is 35.2 Å². The molecule has 2 aromatic carbocycles. The smallest absolute Gasteiger partial charge is 0.230 e. The number of thioether (sulfide) groups is 1. The number of aryl methyl sites for hydroxylation is 2. The van der Waals surface area contributed by atoms with Crippen LogP contribution in [-0.4, -0.2) is 11.7 Å². The maximum atomic E-state index is 12.1. The molecule has 0 bridgehead atoms.